The number of rotatable bonds is 2. The lowest BCUT2D eigenvalue weighted by molar-refractivity contribution is -0.104. The van der Waals surface area contributed by atoms with Gasteiger partial charge in [-0.2, -0.15) is 5.26 Å². The van der Waals surface area contributed by atoms with Crippen LogP contribution in [0.1, 0.15) is 16.7 Å². The summed E-state index contributed by atoms with van der Waals surface area (Å²) >= 11 is 0. The third-order valence-electron chi connectivity index (χ3n) is 1.75. The molecule has 1 aromatic carbocycles. The average Bonchev–Trinajstić information content (AvgIpc) is 2.16. The molecule has 0 amide bonds. The Morgan fingerprint density at radius 1 is 1.46 bits per heavy atom. The fourth-order valence-electron chi connectivity index (χ4n) is 1.08. The molecule has 0 fully saturated rings. The first-order chi connectivity index (χ1) is 6.27. The van der Waals surface area contributed by atoms with E-state index in [-0.39, 0.29) is 0 Å². The highest BCUT2D eigenvalue weighted by Crippen LogP contribution is 2.11. The van der Waals surface area contributed by atoms with Gasteiger partial charge in [-0.05, 0) is 36.3 Å². The number of nitriles is 1. The first kappa shape index (κ1) is 9.21. The molecule has 0 N–H and O–H groups in total. The number of hydrogen-bond donors (Lipinski definition) is 0. The van der Waals surface area contributed by atoms with Gasteiger partial charge in [0.2, 0.25) is 0 Å². The molecule has 0 heterocycles. The molecule has 1 aromatic rings. The summed E-state index contributed by atoms with van der Waals surface area (Å²) in [5.41, 5.74) is 2.60. The van der Waals surface area contributed by atoms with Gasteiger partial charge in [0.25, 0.3) is 0 Å². The molecule has 0 saturated heterocycles. The predicted molar refractivity (Wildman–Crippen MR) is 51.0 cm³/mol. The van der Waals surface area contributed by atoms with E-state index >= 15 is 0 Å². The van der Waals surface area contributed by atoms with Crippen LogP contribution in [0, 0.1) is 18.3 Å². The molecular weight excluding hydrogens is 162 g/mol. The molecule has 2 heteroatoms. The van der Waals surface area contributed by atoms with Crippen LogP contribution in [0.4, 0.5) is 0 Å². The summed E-state index contributed by atoms with van der Waals surface area (Å²) < 4.78 is 0. The van der Waals surface area contributed by atoms with Gasteiger partial charge in [0, 0.05) is 0 Å². The molecule has 0 spiro atoms. The van der Waals surface area contributed by atoms with Crippen LogP contribution in [0.5, 0.6) is 0 Å². The van der Waals surface area contributed by atoms with E-state index in [0.29, 0.717) is 5.56 Å². The van der Waals surface area contributed by atoms with E-state index in [1.807, 2.05) is 13.0 Å². The molecule has 0 radical (unpaired) electrons. The highest BCUT2D eigenvalue weighted by atomic mass is 16.1. The molecule has 0 unspecified atom stereocenters. The summed E-state index contributed by atoms with van der Waals surface area (Å²) in [7, 11) is 0. The van der Waals surface area contributed by atoms with Crippen LogP contribution in [0.2, 0.25) is 0 Å². The molecule has 0 saturated carbocycles. The Morgan fingerprint density at radius 3 is 2.77 bits per heavy atom. The fourth-order valence-corrected chi connectivity index (χ4v) is 1.08. The van der Waals surface area contributed by atoms with Crippen LogP contribution >= 0.6 is 0 Å². The van der Waals surface area contributed by atoms with E-state index in [1.54, 1.807) is 18.2 Å². The molecule has 0 aliphatic heterocycles. The molecule has 0 atom stereocenters. The first-order valence-corrected chi connectivity index (χ1v) is 3.90. The number of nitrogens with zero attached hydrogens (tertiary/aromatic N) is 1. The quantitative estimate of drug-likeness (QED) is 0.505. The number of aldehydes is 1. The minimum atomic E-state index is 0.640. The molecule has 0 bridgehead atoms. The summed E-state index contributed by atoms with van der Waals surface area (Å²) in [4.78, 5) is 10.1. The third kappa shape index (κ3) is 2.28. The Bertz CT molecular complexity index is 386. The number of carbonyl (C=O) groups is 1. The van der Waals surface area contributed by atoms with Crippen molar-refractivity contribution in [3.8, 4) is 6.07 Å². The molecule has 0 aromatic heterocycles. The zero-order valence-electron chi connectivity index (χ0n) is 7.32. The maximum atomic E-state index is 10.1. The van der Waals surface area contributed by atoms with Gasteiger partial charge in [0.05, 0.1) is 11.6 Å². The van der Waals surface area contributed by atoms with Gasteiger partial charge in [0.15, 0.2) is 0 Å². The zero-order valence-corrected chi connectivity index (χ0v) is 7.32. The lowest BCUT2D eigenvalue weighted by atomic mass is 10.1. The van der Waals surface area contributed by atoms with E-state index in [9.17, 15) is 4.79 Å². The van der Waals surface area contributed by atoms with Crippen LogP contribution in [0.25, 0.3) is 6.08 Å². The Hall–Kier alpha value is -1.88. The van der Waals surface area contributed by atoms with Gasteiger partial charge in [-0.15, -0.1) is 0 Å². The monoisotopic (exact) mass is 171 g/mol. The SMILES string of the molecule is Cc1cc(C#N)ccc1C=CC=O. The number of allylic oxidation sites excluding steroid dienone is 1. The van der Waals surface area contributed by atoms with Crippen molar-refractivity contribution < 1.29 is 4.79 Å². The van der Waals surface area contributed by atoms with Crippen molar-refractivity contribution in [3.63, 3.8) is 0 Å². The van der Waals surface area contributed by atoms with E-state index in [0.717, 1.165) is 17.4 Å². The van der Waals surface area contributed by atoms with E-state index in [2.05, 4.69) is 6.07 Å². The largest absolute Gasteiger partial charge is 0.299 e. The Morgan fingerprint density at radius 2 is 2.23 bits per heavy atom. The van der Waals surface area contributed by atoms with Gasteiger partial charge in [0.1, 0.15) is 6.29 Å². The maximum absolute atomic E-state index is 10.1. The van der Waals surface area contributed by atoms with Gasteiger partial charge >= 0.3 is 0 Å². The maximum Gasteiger partial charge on any atom is 0.142 e. The summed E-state index contributed by atoms with van der Waals surface area (Å²) in [6.07, 6.45) is 3.90. The smallest absolute Gasteiger partial charge is 0.142 e. The third-order valence-corrected chi connectivity index (χ3v) is 1.75. The number of benzene rings is 1. The number of carbonyl (C=O) groups excluding carboxylic acids is 1. The van der Waals surface area contributed by atoms with Gasteiger partial charge in [-0.25, -0.2) is 0 Å². The molecule has 0 aliphatic carbocycles. The Kier molecular flexibility index (Phi) is 2.99. The van der Waals surface area contributed by atoms with Gasteiger partial charge in [-0.1, -0.05) is 12.1 Å². The average molecular weight is 171 g/mol. The van der Waals surface area contributed by atoms with Gasteiger partial charge < -0.3 is 0 Å². The van der Waals surface area contributed by atoms with Crippen molar-refractivity contribution >= 4 is 12.4 Å². The molecule has 2 nitrogen and oxygen atoms in total. The molecule has 13 heavy (non-hydrogen) atoms. The van der Waals surface area contributed by atoms with Crippen LogP contribution in [-0.2, 0) is 4.79 Å². The minimum absolute atomic E-state index is 0.640. The second kappa shape index (κ2) is 4.22. The van der Waals surface area contributed by atoms with Crippen LogP contribution in [0.15, 0.2) is 24.3 Å². The van der Waals surface area contributed by atoms with Crippen molar-refractivity contribution in [3.05, 3.63) is 41.0 Å². The zero-order chi connectivity index (χ0) is 9.68. The lowest BCUT2D eigenvalue weighted by Crippen LogP contribution is -1.82. The fraction of sp³-hybridized carbons (Fsp3) is 0.0909. The second-order valence-electron chi connectivity index (χ2n) is 2.68. The summed E-state index contributed by atoms with van der Waals surface area (Å²) in [5, 5.41) is 8.60. The molecular formula is C11H9NO. The minimum Gasteiger partial charge on any atom is -0.299 e. The molecule has 64 valence electrons. The summed E-state index contributed by atoms with van der Waals surface area (Å²) in [6, 6.07) is 7.41. The topological polar surface area (TPSA) is 40.9 Å². The van der Waals surface area contributed by atoms with Crippen LogP contribution in [-0.4, -0.2) is 6.29 Å². The summed E-state index contributed by atoms with van der Waals surface area (Å²) in [5.74, 6) is 0. The van der Waals surface area contributed by atoms with E-state index < -0.39 is 0 Å². The van der Waals surface area contributed by atoms with Crippen LogP contribution in [0.3, 0.4) is 0 Å². The first-order valence-electron chi connectivity index (χ1n) is 3.90. The highest BCUT2D eigenvalue weighted by Gasteiger charge is 1.95. The number of aryl methyl sites for hydroxylation is 1. The Labute approximate surface area is 77.1 Å². The molecule has 0 aliphatic rings. The standard InChI is InChI=1S/C11H9NO/c1-9-7-10(8-12)4-5-11(9)3-2-6-13/h2-7H,1H3. The Balaban J connectivity index is 3.06. The van der Waals surface area contributed by atoms with Crippen molar-refractivity contribution in [2.75, 3.05) is 0 Å². The van der Waals surface area contributed by atoms with Gasteiger partial charge in [-0.3, -0.25) is 4.79 Å². The normalized spacial score (nSPS) is 9.85. The van der Waals surface area contributed by atoms with Crippen molar-refractivity contribution in [2.45, 2.75) is 6.92 Å². The second-order valence-corrected chi connectivity index (χ2v) is 2.68. The summed E-state index contributed by atoms with van der Waals surface area (Å²) in [6.45, 7) is 1.91. The van der Waals surface area contributed by atoms with Crippen molar-refractivity contribution in [1.82, 2.24) is 0 Å². The van der Waals surface area contributed by atoms with Crippen molar-refractivity contribution in [2.24, 2.45) is 0 Å². The molecule has 1 rings (SSSR count). The number of hydrogen-bond acceptors (Lipinski definition) is 2. The lowest BCUT2D eigenvalue weighted by Gasteiger charge is -1.98. The highest BCUT2D eigenvalue weighted by molar-refractivity contribution is 5.74. The van der Waals surface area contributed by atoms with Crippen LogP contribution < -0.4 is 0 Å². The van der Waals surface area contributed by atoms with Crippen molar-refractivity contribution in [1.29, 1.82) is 5.26 Å². The van der Waals surface area contributed by atoms with E-state index in [1.165, 1.54) is 6.08 Å². The van der Waals surface area contributed by atoms with E-state index in [4.69, 9.17) is 5.26 Å². The predicted octanol–water partition coefficient (Wildman–Crippen LogP) is 2.08.